The van der Waals surface area contributed by atoms with Crippen LogP contribution in [-0.2, 0) is 6.54 Å². The summed E-state index contributed by atoms with van der Waals surface area (Å²) in [5.74, 6) is 2.74. The molecule has 0 saturated carbocycles. The smallest absolute Gasteiger partial charge is 0.263 e. The van der Waals surface area contributed by atoms with E-state index in [0.717, 1.165) is 37.6 Å². The molecule has 2 aromatic heterocycles. The van der Waals surface area contributed by atoms with Gasteiger partial charge in [-0.15, -0.1) is 0 Å². The first-order valence-corrected chi connectivity index (χ1v) is 8.30. The lowest BCUT2D eigenvalue weighted by Gasteiger charge is -2.31. The molecule has 6 nitrogen and oxygen atoms in total. The molecule has 2 aromatic rings. The van der Waals surface area contributed by atoms with Crippen molar-refractivity contribution >= 4 is 0 Å². The lowest BCUT2D eigenvalue weighted by Crippen LogP contribution is -2.38. The molecule has 0 spiro atoms. The van der Waals surface area contributed by atoms with Crippen LogP contribution in [0, 0.1) is 12.8 Å². The standard InChI is InChI=1S/C17H25N3O3/c1-13-15(19-17(23-13)16-3-2-10-22-16)12-18-11-14-4-6-20(7-5-14)8-9-21/h2-3,10,14,18,21H,4-9,11-12H2,1H3. The van der Waals surface area contributed by atoms with Gasteiger partial charge < -0.3 is 24.2 Å². The average molecular weight is 319 g/mol. The maximum atomic E-state index is 8.97. The number of aryl methyl sites for hydroxylation is 1. The van der Waals surface area contributed by atoms with Gasteiger partial charge in [-0.05, 0) is 57.5 Å². The summed E-state index contributed by atoms with van der Waals surface area (Å²) in [4.78, 5) is 6.84. The van der Waals surface area contributed by atoms with Crippen molar-refractivity contribution in [1.82, 2.24) is 15.2 Å². The Hall–Kier alpha value is -1.63. The zero-order chi connectivity index (χ0) is 16.1. The van der Waals surface area contributed by atoms with Crippen molar-refractivity contribution in [1.29, 1.82) is 0 Å². The highest BCUT2D eigenvalue weighted by atomic mass is 16.4. The SMILES string of the molecule is Cc1oc(-c2ccco2)nc1CNCC1CCN(CCO)CC1. The van der Waals surface area contributed by atoms with Crippen LogP contribution in [0.5, 0.6) is 0 Å². The summed E-state index contributed by atoms with van der Waals surface area (Å²) in [5, 5.41) is 12.5. The summed E-state index contributed by atoms with van der Waals surface area (Å²) in [6.07, 6.45) is 3.99. The number of rotatable bonds is 7. The first-order chi connectivity index (χ1) is 11.3. The van der Waals surface area contributed by atoms with E-state index in [1.54, 1.807) is 6.26 Å². The fourth-order valence-electron chi connectivity index (χ4n) is 3.05. The first kappa shape index (κ1) is 16.2. The van der Waals surface area contributed by atoms with Crippen LogP contribution >= 0.6 is 0 Å². The minimum Gasteiger partial charge on any atom is -0.459 e. The lowest BCUT2D eigenvalue weighted by molar-refractivity contribution is 0.146. The topological polar surface area (TPSA) is 74.7 Å². The molecule has 1 aliphatic rings. The summed E-state index contributed by atoms with van der Waals surface area (Å²) < 4.78 is 11.0. The Bertz CT molecular complexity index is 586. The minimum absolute atomic E-state index is 0.256. The summed E-state index contributed by atoms with van der Waals surface area (Å²) in [6, 6.07) is 3.68. The number of aliphatic hydroxyl groups is 1. The van der Waals surface area contributed by atoms with Gasteiger partial charge in [0.1, 0.15) is 5.76 Å². The molecule has 0 aliphatic carbocycles. The van der Waals surface area contributed by atoms with Crippen LogP contribution in [0.1, 0.15) is 24.3 Å². The Balaban J connectivity index is 1.44. The predicted octanol–water partition coefficient (Wildman–Crippen LogP) is 2.04. The van der Waals surface area contributed by atoms with Gasteiger partial charge in [0.05, 0.1) is 18.6 Å². The highest BCUT2D eigenvalue weighted by Gasteiger charge is 2.19. The molecule has 6 heteroatoms. The van der Waals surface area contributed by atoms with E-state index in [9.17, 15) is 0 Å². The number of hydrogen-bond donors (Lipinski definition) is 2. The van der Waals surface area contributed by atoms with Gasteiger partial charge in [-0.2, -0.15) is 0 Å². The number of nitrogens with zero attached hydrogens (tertiary/aromatic N) is 2. The summed E-state index contributed by atoms with van der Waals surface area (Å²) in [5.41, 5.74) is 0.939. The Morgan fingerprint density at radius 2 is 2.22 bits per heavy atom. The molecule has 23 heavy (non-hydrogen) atoms. The van der Waals surface area contributed by atoms with Crippen molar-refractivity contribution in [3.05, 3.63) is 29.9 Å². The second-order valence-electron chi connectivity index (χ2n) is 6.14. The highest BCUT2D eigenvalue weighted by molar-refractivity contribution is 5.44. The maximum Gasteiger partial charge on any atom is 0.263 e. The van der Waals surface area contributed by atoms with Gasteiger partial charge >= 0.3 is 0 Å². The fourth-order valence-corrected chi connectivity index (χ4v) is 3.05. The van der Waals surface area contributed by atoms with E-state index in [1.165, 1.54) is 12.8 Å². The van der Waals surface area contributed by atoms with Crippen molar-refractivity contribution in [3.63, 3.8) is 0 Å². The number of nitrogens with one attached hydrogen (secondary N) is 1. The van der Waals surface area contributed by atoms with E-state index in [2.05, 4.69) is 15.2 Å². The van der Waals surface area contributed by atoms with Crippen molar-refractivity contribution in [3.8, 4) is 11.7 Å². The Labute approximate surface area is 136 Å². The Morgan fingerprint density at radius 3 is 2.91 bits per heavy atom. The van der Waals surface area contributed by atoms with E-state index < -0.39 is 0 Å². The molecular formula is C17H25N3O3. The molecule has 0 aromatic carbocycles. The molecule has 1 aliphatic heterocycles. The van der Waals surface area contributed by atoms with Crippen molar-refractivity contribution in [2.75, 3.05) is 32.8 Å². The second-order valence-corrected chi connectivity index (χ2v) is 6.14. The zero-order valence-electron chi connectivity index (χ0n) is 13.6. The van der Waals surface area contributed by atoms with Gasteiger partial charge in [0.25, 0.3) is 5.89 Å². The lowest BCUT2D eigenvalue weighted by atomic mass is 9.97. The zero-order valence-corrected chi connectivity index (χ0v) is 13.6. The largest absolute Gasteiger partial charge is 0.459 e. The summed E-state index contributed by atoms with van der Waals surface area (Å²) in [7, 11) is 0. The van der Waals surface area contributed by atoms with Crippen LogP contribution in [0.15, 0.2) is 27.2 Å². The van der Waals surface area contributed by atoms with Gasteiger partial charge in [0.15, 0.2) is 5.76 Å². The van der Waals surface area contributed by atoms with Gasteiger partial charge in [-0.1, -0.05) is 0 Å². The third kappa shape index (κ3) is 4.22. The van der Waals surface area contributed by atoms with Crippen molar-refractivity contribution in [2.24, 2.45) is 5.92 Å². The number of likely N-dealkylation sites (tertiary alicyclic amines) is 1. The number of furan rings is 1. The quantitative estimate of drug-likeness (QED) is 0.813. The molecule has 3 heterocycles. The summed E-state index contributed by atoms with van der Waals surface area (Å²) >= 11 is 0. The molecule has 0 amide bonds. The molecule has 0 unspecified atom stereocenters. The summed E-state index contributed by atoms with van der Waals surface area (Å²) in [6.45, 7) is 6.86. The van der Waals surface area contributed by atoms with Crippen LogP contribution in [-0.4, -0.2) is 47.8 Å². The number of β-amino-alcohol motifs (C(OH)–C–C–N with tert-alkyl or cyclic N) is 1. The van der Waals surface area contributed by atoms with Crippen LogP contribution in [0.2, 0.25) is 0 Å². The van der Waals surface area contributed by atoms with E-state index in [1.807, 2.05) is 19.1 Å². The maximum absolute atomic E-state index is 8.97. The molecule has 0 atom stereocenters. The van der Waals surface area contributed by atoms with E-state index in [4.69, 9.17) is 13.9 Å². The average Bonchev–Trinajstić information content (AvgIpc) is 3.20. The normalized spacial score (nSPS) is 17.0. The Morgan fingerprint density at radius 1 is 1.39 bits per heavy atom. The van der Waals surface area contributed by atoms with E-state index in [-0.39, 0.29) is 6.61 Å². The first-order valence-electron chi connectivity index (χ1n) is 8.30. The van der Waals surface area contributed by atoms with Crippen LogP contribution < -0.4 is 5.32 Å². The molecule has 0 bridgehead atoms. The molecule has 1 saturated heterocycles. The van der Waals surface area contributed by atoms with Gasteiger partial charge in [-0.3, -0.25) is 0 Å². The van der Waals surface area contributed by atoms with Gasteiger partial charge in [-0.25, -0.2) is 4.98 Å². The van der Waals surface area contributed by atoms with Crippen LogP contribution in [0.4, 0.5) is 0 Å². The highest BCUT2D eigenvalue weighted by Crippen LogP contribution is 2.22. The monoisotopic (exact) mass is 319 g/mol. The van der Waals surface area contributed by atoms with E-state index in [0.29, 0.717) is 24.1 Å². The Kier molecular flexibility index (Phi) is 5.48. The number of aliphatic hydroxyl groups excluding tert-OH is 1. The molecule has 126 valence electrons. The molecular weight excluding hydrogens is 294 g/mol. The molecule has 3 rings (SSSR count). The van der Waals surface area contributed by atoms with Crippen LogP contribution in [0.3, 0.4) is 0 Å². The number of aromatic nitrogens is 1. The molecule has 0 radical (unpaired) electrons. The third-order valence-electron chi connectivity index (χ3n) is 4.47. The number of piperidine rings is 1. The van der Waals surface area contributed by atoms with E-state index >= 15 is 0 Å². The predicted molar refractivity (Wildman–Crippen MR) is 86.9 cm³/mol. The molecule has 1 fully saturated rings. The number of hydrogen-bond acceptors (Lipinski definition) is 6. The van der Waals surface area contributed by atoms with Gasteiger partial charge in [0, 0.05) is 13.1 Å². The van der Waals surface area contributed by atoms with Crippen LogP contribution in [0.25, 0.3) is 11.7 Å². The van der Waals surface area contributed by atoms with Gasteiger partial charge in [0.2, 0.25) is 0 Å². The fraction of sp³-hybridized carbons (Fsp3) is 0.588. The molecule has 2 N–H and O–H groups in total. The van der Waals surface area contributed by atoms with Crippen molar-refractivity contribution < 1.29 is 13.9 Å². The third-order valence-corrected chi connectivity index (χ3v) is 4.47. The van der Waals surface area contributed by atoms with Crippen molar-refractivity contribution in [2.45, 2.75) is 26.3 Å². The second kappa shape index (κ2) is 7.77. The number of oxazole rings is 1. The minimum atomic E-state index is 0.256.